The summed E-state index contributed by atoms with van der Waals surface area (Å²) < 4.78 is 14.5. The number of fused-ring (bicyclic) bond motifs is 4. The average molecular weight is 290 g/mol. The van der Waals surface area contributed by atoms with Gasteiger partial charge in [0.25, 0.3) is 0 Å². The van der Waals surface area contributed by atoms with Gasteiger partial charge in [-0.15, -0.1) is 0 Å². The van der Waals surface area contributed by atoms with Gasteiger partial charge in [-0.05, 0) is 51.0 Å². The van der Waals surface area contributed by atoms with Crippen LogP contribution in [0.5, 0.6) is 0 Å². The first kappa shape index (κ1) is 13.2. The lowest BCUT2D eigenvalue weighted by Crippen LogP contribution is -1.95. The Bertz CT molecular complexity index is 1030. The average Bonchev–Trinajstić information content (AvgIpc) is 2.57. The van der Waals surface area contributed by atoms with E-state index in [0.717, 1.165) is 38.1 Å². The van der Waals surface area contributed by atoms with Crippen molar-refractivity contribution in [3.63, 3.8) is 0 Å². The molecule has 4 aromatic carbocycles. The predicted octanol–water partition coefficient (Wildman–Crippen LogP) is 5.09. The van der Waals surface area contributed by atoms with E-state index in [-0.39, 0.29) is 12.4 Å². The molecule has 0 saturated carbocycles. The Morgan fingerprint density at radius 1 is 0.818 bits per heavy atom. The Hall–Kier alpha value is -2.45. The first-order valence-electron chi connectivity index (χ1n) is 7.34. The molecule has 22 heavy (non-hydrogen) atoms. The molecule has 0 bridgehead atoms. The van der Waals surface area contributed by atoms with Crippen LogP contribution in [0, 0.1) is 12.7 Å². The monoisotopic (exact) mass is 290 g/mol. The Morgan fingerprint density at radius 2 is 1.41 bits per heavy atom. The zero-order chi connectivity index (χ0) is 15.3. The number of aliphatic hydroxyl groups is 1. The van der Waals surface area contributed by atoms with Gasteiger partial charge in [0, 0.05) is 5.39 Å². The zero-order valence-corrected chi connectivity index (χ0v) is 12.2. The largest absolute Gasteiger partial charge is 0.392 e. The van der Waals surface area contributed by atoms with Gasteiger partial charge >= 0.3 is 0 Å². The second-order valence-electron chi connectivity index (χ2n) is 5.63. The molecule has 2 heteroatoms. The summed E-state index contributed by atoms with van der Waals surface area (Å²) in [5.41, 5.74) is 1.92. The first-order chi connectivity index (χ1) is 10.7. The summed E-state index contributed by atoms with van der Waals surface area (Å²) in [5, 5.41) is 15.3. The third kappa shape index (κ3) is 1.68. The standard InChI is InChI=1S/C20H15FO/c1-12-13-6-2-3-7-14(13)18(11-22)20-16-9-5-4-8-15(16)19(21)10-17(12)20/h2-10,22H,11H2,1H3. The number of hydrogen-bond acceptors (Lipinski definition) is 1. The van der Waals surface area contributed by atoms with E-state index in [1.165, 1.54) is 0 Å². The van der Waals surface area contributed by atoms with Crippen LogP contribution in [0.25, 0.3) is 32.3 Å². The molecule has 108 valence electrons. The summed E-state index contributed by atoms with van der Waals surface area (Å²) in [5.74, 6) is -0.217. The molecule has 1 nitrogen and oxygen atoms in total. The van der Waals surface area contributed by atoms with Crippen LogP contribution in [0.2, 0.25) is 0 Å². The van der Waals surface area contributed by atoms with Gasteiger partial charge in [0.2, 0.25) is 0 Å². The third-order valence-corrected chi connectivity index (χ3v) is 4.51. The minimum Gasteiger partial charge on any atom is -0.392 e. The van der Waals surface area contributed by atoms with Gasteiger partial charge in [0.05, 0.1) is 6.61 Å². The minimum absolute atomic E-state index is 0.0626. The van der Waals surface area contributed by atoms with Crippen molar-refractivity contribution in [1.82, 2.24) is 0 Å². The van der Waals surface area contributed by atoms with Crippen molar-refractivity contribution in [1.29, 1.82) is 0 Å². The second-order valence-corrected chi connectivity index (χ2v) is 5.63. The fraction of sp³-hybridized carbons (Fsp3) is 0.100. The van der Waals surface area contributed by atoms with Crippen LogP contribution in [0.1, 0.15) is 11.1 Å². The molecule has 0 aliphatic rings. The highest BCUT2D eigenvalue weighted by Crippen LogP contribution is 2.37. The molecule has 0 saturated heterocycles. The van der Waals surface area contributed by atoms with E-state index in [4.69, 9.17) is 0 Å². The molecule has 0 fully saturated rings. The van der Waals surface area contributed by atoms with Crippen LogP contribution in [0.4, 0.5) is 4.39 Å². The molecule has 0 atom stereocenters. The number of benzene rings is 4. The van der Waals surface area contributed by atoms with Gasteiger partial charge in [-0.25, -0.2) is 4.39 Å². The van der Waals surface area contributed by atoms with Crippen molar-refractivity contribution >= 4 is 32.3 Å². The molecule has 1 N–H and O–H groups in total. The highest BCUT2D eigenvalue weighted by Gasteiger charge is 2.15. The lowest BCUT2D eigenvalue weighted by atomic mass is 9.89. The smallest absolute Gasteiger partial charge is 0.131 e. The molecular formula is C20H15FO. The molecule has 0 aromatic heterocycles. The Labute approximate surface area is 127 Å². The molecule has 0 unspecified atom stereocenters. The van der Waals surface area contributed by atoms with E-state index < -0.39 is 0 Å². The quantitative estimate of drug-likeness (QED) is 0.382. The number of aliphatic hydroxyl groups excluding tert-OH is 1. The molecule has 4 aromatic rings. The summed E-state index contributed by atoms with van der Waals surface area (Å²) in [6, 6.07) is 17.0. The van der Waals surface area contributed by atoms with Crippen LogP contribution >= 0.6 is 0 Å². The zero-order valence-electron chi connectivity index (χ0n) is 12.2. The number of hydrogen-bond donors (Lipinski definition) is 1. The van der Waals surface area contributed by atoms with E-state index in [1.807, 2.05) is 49.4 Å². The maximum atomic E-state index is 14.5. The summed E-state index contributed by atoms with van der Waals surface area (Å²) in [6.07, 6.45) is 0. The van der Waals surface area contributed by atoms with Gasteiger partial charge in [-0.2, -0.15) is 0 Å². The second kappa shape index (κ2) is 4.79. The molecule has 0 heterocycles. The van der Waals surface area contributed by atoms with E-state index in [0.29, 0.717) is 5.39 Å². The Kier molecular flexibility index (Phi) is 2.88. The van der Waals surface area contributed by atoms with Crippen molar-refractivity contribution < 1.29 is 9.50 Å². The summed E-state index contributed by atoms with van der Waals surface area (Å²) in [6.45, 7) is 1.95. The molecule has 0 amide bonds. The van der Waals surface area contributed by atoms with E-state index in [2.05, 4.69) is 0 Å². The maximum absolute atomic E-state index is 14.5. The number of aryl methyl sites for hydroxylation is 1. The van der Waals surface area contributed by atoms with Crippen LogP contribution in [0.3, 0.4) is 0 Å². The number of rotatable bonds is 1. The lowest BCUT2D eigenvalue weighted by molar-refractivity contribution is 0.285. The summed E-state index contributed by atoms with van der Waals surface area (Å²) in [7, 11) is 0. The van der Waals surface area contributed by atoms with Crippen molar-refractivity contribution in [3.05, 3.63) is 71.5 Å². The van der Waals surface area contributed by atoms with Crippen molar-refractivity contribution in [2.24, 2.45) is 0 Å². The third-order valence-electron chi connectivity index (χ3n) is 4.51. The fourth-order valence-corrected chi connectivity index (χ4v) is 3.47. The summed E-state index contributed by atoms with van der Waals surface area (Å²) in [4.78, 5) is 0. The number of halogens is 1. The van der Waals surface area contributed by atoms with Gasteiger partial charge < -0.3 is 5.11 Å². The van der Waals surface area contributed by atoms with Crippen molar-refractivity contribution in [2.45, 2.75) is 13.5 Å². The molecular weight excluding hydrogens is 275 g/mol. The van der Waals surface area contributed by atoms with Gasteiger partial charge in [-0.1, -0.05) is 48.5 Å². The normalized spacial score (nSPS) is 11.6. The minimum atomic E-state index is -0.217. The van der Waals surface area contributed by atoms with Gasteiger partial charge in [0.1, 0.15) is 5.82 Å². The SMILES string of the molecule is Cc1c2ccccc2c(CO)c2c1cc(F)c1ccccc12. The lowest BCUT2D eigenvalue weighted by Gasteiger charge is -2.16. The van der Waals surface area contributed by atoms with Gasteiger partial charge in [0.15, 0.2) is 0 Å². The van der Waals surface area contributed by atoms with Gasteiger partial charge in [-0.3, -0.25) is 0 Å². The topological polar surface area (TPSA) is 20.2 Å². The maximum Gasteiger partial charge on any atom is 0.131 e. The van der Waals surface area contributed by atoms with E-state index in [9.17, 15) is 9.50 Å². The molecule has 0 spiro atoms. The van der Waals surface area contributed by atoms with Crippen LogP contribution < -0.4 is 0 Å². The molecule has 0 radical (unpaired) electrons. The Balaban J connectivity index is 2.40. The van der Waals surface area contributed by atoms with Crippen molar-refractivity contribution in [2.75, 3.05) is 0 Å². The highest BCUT2D eigenvalue weighted by molar-refractivity contribution is 6.16. The fourth-order valence-electron chi connectivity index (χ4n) is 3.47. The predicted molar refractivity (Wildman–Crippen MR) is 89.6 cm³/mol. The molecule has 4 rings (SSSR count). The van der Waals surface area contributed by atoms with Crippen molar-refractivity contribution in [3.8, 4) is 0 Å². The van der Waals surface area contributed by atoms with E-state index >= 15 is 0 Å². The van der Waals surface area contributed by atoms with Crippen LogP contribution in [0.15, 0.2) is 54.6 Å². The van der Waals surface area contributed by atoms with Crippen LogP contribution in [-0.4, -0.2) is 5.11 Å². The van der Waals surface area contributed by atoms with Crippen LogP contribution in [-0.2, 0) is 6.61 Å². The molecule has 0 aliphatic heterocycles. The summed E-state index contributed by atoms with van der Waals surface area (Å²) >= 11 is 0. The highest BCUT2D eigenvalue weighted by atomic mass is 19.1. The Morgan fingerprint density at radius 3 is 2.09 bits per heavy atom. The molecule has 0 aliphatic carbocycles. The first-order valence-corrected chi connectivity index (χ1v) is 7.34. The van der Waals surface area contributed by atoms with E-state index in [1.54, 1.807) is 12.1 Å².